The Morgan fingerprint density at radius 1 is 1.14 bits per heavy atom. The van der Waals surface area contributed by atoms with E-state index in [1.807, 2.05) is 17.0 Å². The summed E-state index contributed by atoms with van der Waals surface area (Å²) in [5.41, 5.74) is 2.39. The van der Waals surface area contributed by atoms with Crippen molar-refractivity contribution in [3.63, 3.8) is 0 Å². The number of fused-ring (bicyclic) bond motifs is 1. The second kappa shape index (κ2) is 7.49. The molecule has 0 atom stereocenters. The first-order chi connectivity index (χ1) is 10.6. The Balaban J connectivity index is 2.12. The van der Waals surface area contributed by atoms with Crippen LogP contribution in [-0.2, 0) is 17.8 Å². The van der Waals surface area contributed by atoms with E-state index in [2.05, 4.69) is 18.7 Å². The molecule has 1 aliphatic rings. The van der Waals surface area contributed by atoms with E-state index in [4.69, 9.17) is 9.47 Å². The van der Waals surface area contributed by atoms with Gasteiger partial charge in [0.05, 0.1) is 20.8 Å². The lowest BCUT2D eigenvalue weighted by Gasteiger charge is -2.31. The van der Waals surface area contributed by atoms with Gasteiger partial charge in [0.15, 0.2) is 11.5 Å². The topological polar surface area (TPSA) is 42.0 Å². The van der Waals surface area contributed by atoms with Crippen LogP contribution in [0.4, 0.5) is 0 Å². The fourth-order valence-electron chi connectivity index (χ4n) is 2.83. The number of ether oxygens (including phenoxy) is 2. The second-order valence-corrected chi connectivity index (χ2v) is 5.50. The number of hydrogen-bond donors (Lipinski definition) is 0. The maximum atomic E-state index is 12.4. The summed E-state index contributed by atoms with van der Waals surface area (Å²) < 4.78 is 10.7. The minimum absolute atomic E-state index is 0.198. The maximum absolute atomic E-state index is 12.4. The first-order valence-electron chi connectivity index (χ1n) is 7.86. The van der Waals surface area contributed by atoms with Gasteiger partial charge < -0.3 is 14.4 Å². The molecule has 0 unspecified atom stereocenters. The zero-order chi connectivity index (χ0) is 16.1. The number of methoxy groups -OCH3 is 2. The van der Waals surface area contributed by atoms with Gasteiger partial charge in [-0.15, -0.1) is 0 Å². The lowest BCUT2D eigenvalue weighted by atomic mass is 9.98. The highest BCUT2D eigenvalue weighted by molar-refractivity contribution is 5.78. The Bertz CT molecular complexity index is 527. The molecule has 122 valence electrons. The Morgan fingerprint density at radius 3 is 2.27 bits per heavy atom. The van der Waals surface area contributed by atoms with Crippen molar-refractivity contribution in [2.45, 2.75) is 26.8 Å². The molecule has 0 N–H and O–H groups in total. The van der Waals surface area contributed by atoms with E-state index in [-0.39, 0.29) is 5.91 Å². The third-order valence-electron chi connectivity index (χ3n) is 4.32. The van der Waals surface area contributed by atoms with Crippen molar-refractivity contribution in [1.82, 2.24) is 9.80 Å². The van der Waals surface area contributed by atoms with Crippen LogP contribution in [0.2, 0.25) is 0 Å². The average molecular weight is 306 g/mol. The van der Waals surface area contributed by atoms with Gasteiger partial charge in [-0.2, -0.15) is 0 Å². The van der Waals surface area contributed by atoms with Crippen molar-refractivity contribution in [2.75, 3.05) is 40.4 Å². The zero-order valence-electron chi connectivity index (χ0n) is 14.0. The molecule has 22 heavy (non-hydrogen) atoms. The van der Waals surface area contributed by atoms with Gasteiger partial charge in [-0.1, -0.05) is 13.8 Å². The van der Waals surface area contributed by atoms with Crippen molar-refractivity contribution in [3.8, 4) is 11.5 Å². The molecule has 1 amide bonds. The van der Waals surface area contributed by atoms with Crippen LogP contribution in [0.1, 0.15) is 25.0 Å². The van der Waals surface area contributed by atoms with E-state index in [1.54, 1.807) is 14.2 Å². The number of likely N-dealkylation sites (N-methyl/N-ethyl adjacent to an activating group) is 1. The summed E-state index contributed by atoms with van der Waals surface area (Å²) in [5, 5.41) is 0. The Labute approximate surface area is 132 Å². The van der Waals surface area contributed by atoms with Gasteiger partial charge in [-0.3, -0.25) is 9.69 Å². The molecule has 1 aromatic carbocycles. The van der Waals surface area contributed by atoms with Crippen molar-refractivity contribution in [2.24, 2.45) is 0 Å². The highest BCUT2D eigenvalue weighted by Crippen LogP contribution is 2.33. The van der Waals surface area contributed by atoms with Crippen molar-refractivity contribution in [3.05, 3.63) is 23.3 Å². The minimum Gasteiger partial charge on any atom is -0.493 e. The van der Waals surface area contributed by atoms with Gasteiger partial charge in [-0.25, -0.2) is 0 Å². The molecule has 5 nitrogen and oxygen atoms in total. The summed E-state index contributed by atoms with van der Waals surface area (Å²) in [5.74, 6) is 1.67. The first kappa shape index (κ1) is 16.6. The van der Waals surface area contributed by atoms with Gasteiger partial charge in [0, 0.05) is 13.1 Å². The standard InChI is InChI=1S/C17H26N2O3/c1-5-18(6-2)12-17(20)19-8-7-13-9-15(21-3)16(22-4)10-14(13)11-19/h9-10H,5-8,11-12H2,1-4H3. The van der Waals surface area contributed by atoms with Crippen molar-refractivity contribution >= 4 is 5.91 Å². The number of amides is 1. The van der Waals surface area contributed by atoms with E-state index in [0.717, 1.165) is 43.1 Å². The number of hydrogen-bond acceptors (Lipinski definition) is 4. The molecule has 1 aromatic rings. The van der Waals surface area contributed by atoms with Crippen molar-refractivity contribution < 1.29 is 14.3 Å². The normalized spacial score (nSPS) is 14.0. The monoisotopic (exact) mass is 306 g/mol. The number of nitrogens with zero attached hydrogens (tertiary/aromatic N) is 2. The SMILES string of the molecule is CCN(CC)CC(=O)N1CCc2cc(OC)c(OC)cc2C1. The predicted molar refractivity (Wildman–Crippen MR) is 86.5 cm³/mol. The largest absolute Gasteiger partial charge is 0.493 e. The van der Waals surface area contributed by atoms with E-state index in [9.17, 15) is 4.79 Å². The molecular formula is C17H26N2O3. The van der Waals surface area contributed by atoms with Crippen LogP contribution >= 0.6 is 0 Å². The van der Waals surface area contributed by atoms with E-state index >= 15 is 0 Å². The van der Waals surface area contributed by atoms with Gasteiger partial charge in [0.2, 0.25) is 5.91 Å². The summed E-state index contributed by atoms with van der Waals surface area (Å²) in [6.45, 7) is 7.88. The fraction of sp³-hybridized carbons (Fsp3) is 0.588. The van der Waals surface area contributed by atoms with Crippen LogP contribution < -0.4 is 9.47 Å². The number of carbonyl (C=O) groups excluding carboxylic acids is 1. The lowest BCUT2D eigenvalue weighted by molar-refractivity contribution is -0.133. The lowest BCUT2D eigenvalue weighted by Crippen LogP contribution is -2.42. The van der Waals surface area contributed by atoms with E-state index in [0.29, 0.717) is 13.1 Å². The smallest absolute Gasteiger partial charge is 0.237 e. The van der Waals surface area contributed by atoms with E-state index in [1.165, 1.54) is 5.56 Å². The molecule has 0 aliphatic carbocycles. The van der Waals surface area contributed by atoms with Gasteiger partial charge in [0.25, 0.3) is 0 Å². The highest BCUT2D eigenvalue weighted by Gasteiger charge is 2.23. The molecule has 5 heteroatoms. The summed E-state index contributed by atoms with van der Waals surface area (Å²) >= 11 is 0. The Hall–Kier alpha value is -1.75. The third kappa shape index (κ3) is 3.53. The van der Waals surface area contributed by atoms with Crippen LogP contribution in [0.25, 0.3) is 0 Å². The molecule has 2 rings (SSSR count). The molecule has 1 heterocycles. The molecule has 0 saturated heterocycles. The molecular weight excluding hydrogens is 280 g/mol. The van der Waals surface area contributed by atoms with Crippen LogP contribution in [0.15, 0.2) is 12.1 Å². The van der Waals surface area contributed by atoms with E-state index < -0.39 is 0 Å². The summed E-state index contributed by atoms with van der Waals surface area (Å²) in [6, 6.07) is 4.02. The third-order valence-corrected chi connectivity index (χ3v) is 4.32. The van der Waals surface area contributed by atoms with Crippen LogP contribution in [0, 0.1) is 0 Å². The molecule has 1 aliphatic heterocycles. The Morgan fingerprint density at radius 2 is 1.73 bits per heavy atom. The molecule has 0 fully saturated rings. The molecule has 0 radical (unpaired) electrons. The Kier molecular flexibility index (Phi) is 5.66. The van der Waals surface area contributed by atoms with Gasteiger partial charge in [-0.05, 0) is 42.8 Å². The average Bonchev–Trinajstić information content (AvgIpc) is 2.57. The van der Waals surface area contributed by atoms with Gasteiger partial charge in [0.1, 0.15) is 0 Å². The van der Waals surface area contributed by atoms with Crippen molar-refractivity contribution in [1.29, 1.82) is 0 Å². The quantitative estimate of drug-likeness (QED) is 0.805. The number of benzene rings is 1. The zero-order valence-corrected chi connectivity index (χ0v) is 14.0. The van der Waals surface area contributed by atoms with Crippen LogP contribution in [0.3, 0.4) is 0 Å². The molecule has 0 bridgehead atoms. The van der Waals surface area contributed by atoms with Gasteiger partial charge >= 0.3 is 0 Å². The minimum atomic E-state index is 0.198. The molecule has 0 saturated carbocycles. The highest BCUT2D eigenvalue weighted by atomic mass is 16.5. The summed E-state index contributed by atoms with van der Waals surface area (Å²) in [7, 11) is 3.28. The molecule has 0 aromatic heterocycles. The number of rotatable bonds is 6. The van der Waals surface area contributed by atoms with Crippen LogP contribution in [-0.4, -0.2) is 56.1 Å². The second-order valence-electron chi connectivity index (χ2n) is 5.50. The summed E-state index contributed by atoms with van der Waals surface area (Å²) in [6.07, 6.45) is 0.861. The first-order valence-corrected chi connectivity index (χ1v) is 7.86. The maximum Gasteiger partial charge on any atom is 0.237 e. The molecule has 0 spiro atoms. The fourth-order valence-corrected chi connectivity index (χ4v) is 2.83. The number of carbonyl (C=O) groups is 1. The predicted octanol–water partition coefficient (Wildman–Crippen LogP) is 1.93. The van der Waals surface area contributed by atoms with Crippen LogP contribution in [0.5, 0.6) is 11.5 Å². The summed E-state index contributed by atoms with van der Waals surface area (Å²) in [4.78, 5) is 16.5.